The van der Waals surface area contributed by atoms with E-state index in [1.807, 2.05) is 31.2 Å². The van der Waals surface area contributed by atoms with Crippen LogP contribution in [0.25, 0.3) is 0 Å². The summed E-state index contributed by atoms with van der Waals surface area (Å²) in [4.78, 5) is 11.5. The third kappa shape index (κ3) is 5.56. The first-order chi connectivity index (χ1) is 8.28. The Balaban J connectivity index is 2.50. The number of hydrogen-bond donors (Lipinski definition) is 0. The van der Waals surface area contributed by atoms with Crippen LogP contribution in [0.4, 0.5) is 0 Å². The van der Waals surface area contributed by atoms with Crippen molar-refractivity contribution in [3.63, 3.8) is 0 Å². The highest BCUT2D eigenvalue weighted by molar-refractivity contribution is 7.91. The molecule has 0 heterocycles. The molecule has 0 saturated heterocycles. The van der Waals surface area contributed by atoms with E-state index in [1.54, 1.807) is 20.8 Å². The molecule has 0 aliphatic heterocycles. The van der Waals surface area contributed by atoms with Crippen LogP contribution in [0.2, 0.25) is 0 Å². The molecule has 0 unspecified atom stereocenters. The second-order valence-corrected chi connectivity index (χ2v) is 6.70. The Bertz CT molecular complexity index is 410. The summed E-state index contributed by atoms with van der Waals surface area (Å²) in [7, 11) is 0. The van der Waals surface area contributed by atoms with Gasteiger partial charge in [0.05, 0.1) is 0 Å². The number of aryl methyl sites for hydroxylation is 1. The van der Waals surface area contributed by atoms with Gasteiger partial charge in [0.25, 0.3) is 0 Å². The van der Waals surface area contributed by atoms with Crippen LogP contribution in [0.15, 0.2) is 24.3 Å². The first-order valence-electron chi connectivity index (χ1n) is 5.89. The number of ether oxygens (including phenoxy) is 1. The maximum absolute atomic E-state index is 11.9. The first kappa shape index (κ1) is 15.1. The van der Waals surface area contributed by atoms with Crippen LogP contribution in [0, 0.1) is 6.92 Å². The number of hydrogen-bond acceptors (Lipinski definition) is 3. The van der Waals surface area contributed by atoms with Crippen LogP contribution in [0.5, 0.6) is 0 Å². The van der Waals surface area contributed by atoms with E-state index >= 15 is 0 Å². The van der Waals surface area contributed by atoms with Crippen LogP contribution in [0.1, 0.15) is 31.9 Å². The smallest absolute Gasteiger partial charge is 0.356 e. The van der Waals surface area contributed by atoms with Crippen molar-refractivity contribution < 1.29 is 14.1 Å². The summed E-state index contributed by atoms with van der Waals surface area (Å²) in [5.74, 6) is -0.0632. The van der Waals surface area contributed by atoms with Crippen LogP contribution in [-0.2, 0) is 26.5 Å². The SMILES string of the molecule is Cc1ccccc1C[S@@+]([O-])CC(=O)OC(C)(C)C. The van der Waals surface area contributed by atoms with Gasteiger partial charge in [-0.15, -0.1) is 0 Å². The molecule has 1 aromatic carbocycles. The second-order valence-electron chi connectivity index (χ2n) is 5.24. The van der Waals surface area contributed by atoms with Crippen LogP contribution in [-0.4, -0.2) is 21.9 Å². The van der Waals surface area contributed by atoms with E-state index in [2.05, 4.69) is 0 Å². The minimum Gasteiger partial charge on any atom is -0.616 e. The molecule has 0 aliphatic carbocycles. The fourth-order valence-corrected chi connectivity index (χ4v) is 2.59. The summed E-state index contributed by atoms with van der Waals surface area (Å²) in [5.41, 5.74) is 1.58. The number of rotatable bonds is 4. The van der Waals surface area contributed by atoms with Crippen LogP contribution >= 0.6 is 0 Å². The van der Waals surface area contributed by atoms with E-state index in [1.165, 1.54) is 0 Å². The van der Waals surface area contributed by atoms with Crippen molar-refractivity contribution >= 4 is 17.1 Å². The minimum absolute atomic E-state index is 0.0500. The number of carbonyl (C=O) groups is 1. The molecule has 0 aliphatic rings. The normalized spacial score (nSPS) is 13.2. The topological polar surface area (TPSA) is 49.4 Å². The molecule has 1 atom stereocenters. The number of carbonyl (C=O) groups excluding carboxylic acids is 1. The van der Waals surface area contributed by atoms with Gasteiger partial charge in [-0.25, -0.2) is 4.79 Å². The standard InChI is InChI=1S/C14H20O3S/c1-11-7-5-6-8-12(11)9-18(16)10-13(15)17-14(2,3)4/h5-8H,9-10H2,1-4H3/t18-/m1/s1. The molecule has 0 saturated carbocycles. The van der Waals surface area contributed by atoms with Gasteiger partial charge in [0.15, 0.2) is 0 Å². The van der Waals surface area contributed by atoms with Crippen molar-refractivity contribution in [2.24, 2.45) is 0 Å². The number of benzene rings is 1. The Morgan fingerprint density at radius 1 is 1.33 bits per heavy atom. The third-order valence-electron chi connectivity index (χ3n) is 2.28. The summed E-state index contributed by atoms with van der Waals surface area (Å²) in [6.45, 7) is 7.37. The van der Waals surface area contributed by atoms with Gasteiger partial charge in [-0.1, -0.05) is 24.3 Å². The Kier molecular flexibility index (Phi) is 5.23. The quantitative estimate of drug-likeness (QED) is 0.623. The Hall–Kier alpha value is -1.00. The lowest BCUT2D eigenvalue weighted by atomic mass is 10.1. The van der Waals surface area contributed by atoms with E-state index in [9.17, 15) is 9.35 Å². The molecule has 100 valence electrons. The minimum atomic E-state index is -1.22. The van der Waals surface area contributed by atoms with E-state index in [4.69, 9.17) is 4.74 Å². The highest BCUT2D eigenvalue weighted by Crippen LogP contribution is 2.13. The lowest BCUT2D eigenvalue weighted by molar-refractivity contribution is -0.151. The zero-order valence-electron chi connectivity index (χ0n) is 11.4. The average molecular weight is 268 g/mol. The van der Waals surface area contributed by atoms with E-state index in [-0.39, 0.29) is 5.75 Å². The predicted octanol–water partition coefficient (Wildman–Crippen LogP) is 2.59. The van der Waals surface area contributed by atoms with Gasteiger partial charge in [0.1, 0.15) is 11.4 Å². The molecular formula is C14H20O3S. The van der Waals surface area contributed by atoms with Gasteiger partial charge in [-0.3, -0.25) is 0 Å². The van der Waals surface area contributed by atoms with Gasteiger partial charge in [0.2, 0.25) is 5.75 Å². The molecule has 0 spiro atoms. The largest absolute Gasteiger partial charge is 0.616 e. The molecule has 4 heteroatoms. The maximum Gasteiger partial charge on any atom is 0.356 e. The van der Waals surface area contributed by atoms with E-state index in [0.29, 0.717) is 5.75 Å². The summed E-state index contributed by atoms with van der Waals surface area (Å²) in [6.07, 6.45) is 0. The van der Waals surface area contributed by atoms with Gasteiger partial charge in [-0.2, -0.15) is 0 Å². The summed E-state index contributed by atoms with van der Waals surface area (Å²) in [6, 6.07) is 7.75. The Labute approximate surface area is 112 Å². The second kappa shape index (κ2) is 6.25. The van der Waals surface area contributed by atoms with Crippen LogP contribution in [0.3, 0.4) is 0 Å². The van der Waals surface area contributed by atoms with Crippen LogP contribution < -0.4 is 0 Å². The molecule has 1 aromatic rings. The highest BCUT2D eigenvalue weighted by Gasteiger charge is 2.21. The third-order valence-corrected chi connectivity index (χ3v) is 3.47. The van der Waals surface area contributed by atoms with Crippen molar-refractivity contribution in [3.8, 4) is 0 Å². The highest BCUT2D eigenvalue weighted by atomic mass is 32.2. The fourth-order valence-electron chi connectivity index (χ4n) is 1.50. The van der Waals surface area contributed by atoms with Crippen molar-refractivity contribution in [2.75, 3.05) is 5.75 Å². The molecule has 3 nitrogen and oxygen atoms in total. The Morgan fingerprint density at radius 3 is 2.50 bits per heavy atom. The molecule has 1 rings (SSSR count). The molecule has 0 aromatic heterocycles. The van der Waals surface area contributed by atoms with Gasteiger partial charge >= 0.3 is 5.97 Å². The van der Waals surface area contributed by atoms with E-state index in [0.717, 1.165) is 11.1 Å². The van der Waals surface area contributed by atoms with Crippen molar-refractivity contribution in [1.29, 1.82) is 0 Å². The molecular weight excluding hydrogens is 248 g/mol. The molecule has 0 N–H and O–H groups in total. The molecule has 18 heavy (non-hydrogen) atoms. The van der Waals surface area contributed by atoms with Crippen molar-refractivity contribution in [2.45, 2.75) is 39.0 Å². The van der Waals surface area contributed by atoms with Crippen molar-refractivity contribution in [1.82, 2.24) is 0 Å². The zero-order valence-corrected chi connectivity index (χ0v) is 12.2. The lowest BCUT2D eigenvalue weighted by Gasteiger charge is -2.20. The molecule has 0 bridgehead atoms. The fraction of sp³-hybridized carbons (Fsp3) is 0.500. The zero-order chi connectivity index (χ0) is 13.8. The monoisotopic (exact) mass is 268 g/mol. The first-order valence-corrected chi connectivity index (χ1v) is 7.38. The summed E-state index contributed by atoms with van der Waals surface area (Å²) in [5, 5.41) is 0. The molecule has 0 amide bonds. The summed E-state index contributed by atoms with van der Waals surface area (Å²) < 4.78 is 17.0. The summed E-state index contributed by atoms with van der Waals surface area (Å²) >= 11 is -1.22. The van der Waals surface area contributed by atoms with Gasteiger partial charge in [0, 0.05) is 5.56 Å². The number of esters is 1. The lowest BCUT2D eigenvalue weighted by Crippen LogP contribution is -2.29. The molecule has 0 fully saturated rings. The van der Waals surface area contributed by atoms with E-state index < -0.39 is 22.7 Å². The van der Waals surface area contributed by atoms with Gasteiger partial charge in [-0.05, 0) is 44.4 Å². The Morgan fingerprint density at radius 2 is 1.94 bits per heavy atom. The average Bonchev–Trinajstić information content (AvgIpc) is 2.18. The maximum atomic E-state index is 11.9. The molecule has 0 radical (unpaired) electrons. The van der Waals surface area contributed by atoms with Gasteiger partial charge < -0.3 is 9.29 Å². The van der Waals surface area contributed by atoms with Crippen molar-refractivity contribution in [3.05, 3.63) is 35.4 Å². The predicted molar refractivity (Wildman–Crippen MR) is 73.7 cm³/mol.